The maximum atomic E-state index is 12.7. The van der Waals surface area contributed by atoms with Gasteiger partial charge in [-0.1, -0.05) is 30.3 Å². The Bertz CT molecular complexity index is 945. The Hall–Kier alpha value is -3.54. The summed E-state index contributed by atoms with van der Waals surface area (Å²) in [7, 11) is 3.12. The molecule has 1 unspecified atom stereocenters. The van der Waals surface area contributed by atoms with Gasteiger partial charge in [0.05, 0.1) is 31.2 Å². The zero-order valence-electron chi connectivity index (χ0n) is 16.1. The van der Waals surface area contributed by atoms with Gasteiger partial charge < -0.3 is 20.1 Å². The number of hydrogen-bond donors (Lipinski definition) is 2. The van der Waals surface area contributed by atoms with Crippen LogP contribution in [0, 0.1) is 0 Å². The third-order valence-corrected chi connectivity index (χ3v) is 4.34. The third kappa shape index (κ3) is 4.59. The first-order valence-electron chi connectivity index (χ1n) is 8.90. The molecule has 0 aliphatic rings. The van der Waals surface area contributed by atoms with Gasteiger partial charge >= 0.3 is 0 Å². The van der Waals surface area contributed by atoms with Crippen molar-refractivity contribution in [1.29, 1.82) is 0 Å². The van der Waals surface area contributed by atoms with Crippen LogP contribution in [0.5, 0.6) is 11.5 Å². The average Bonchev–Trinajstić information content (AvgIpc) is 2.74. The summed E-state index contributed by atoms with van der Waals surface area (Å²) in [6, 6.07) is 17.2. The highest BCUT2D eigenvalue weighted by Gasteiger charge is 2.13. The van der Waals surface area contributed by atoms with E-state index in [0.29, 0.717) is 22.7 Å². The minimum absolute atomic E-state index is 0.0861. The lowest BCUT2D eigenvalue weighted by molar-refractivity contribution is 0.102. The number of aromatic nitrogens is 1. The van der Waals surface area contributed by atoms with Gasteiger partial charge in [0.25, 0.3) is 5.91 Å². The van der Waals surface area contributed by atoms with E-state index in [-0.39, 0.29) is 11.9 Å². The van der Waals surface area contributed by atoms with Crippen LogP contribution < -0.4 is 20.1 Å². The molecule has 1 atom stereocenters. The highest BCUT2D eigenvalue weighted by Crippen LogP contribution is 2.29. The Kier molecular flexibility index (Phi) is 6.11. The molecule has 0 saturated heterocycles. The second-order valence-electron chi connectivity index (χ2n) is 6.26. The molecule has 0 aliphatic carbocycles. The van der Waals surface area contributed by atoms with E-state index in [9.17, 15) is 4.79 Å². The van der Waals surface area contributed by atoms with E-state index in [1.54, 1.807) is 44.7 Å². The molecule has 3 aromatic rings. The molecule has 0 bridgehead atoms. The van der Waals surface area contributed by atoms with Crippen molar-refractivity contribution in [2.75, 3.05) is 24.9 Å². The highest BCUT2D eigenvalue weighted by atomic mass is 16.5. The number of carbonyl (C=O) groups is 1. The number of nitrogens with zero attached hydrogens (tertiary/aromatic N) is 1. The molecule has 0 radical (unpaired) electrons. The van der Waals surface area contributed by atoms with Crippen LogP contribution in [0.15, 0.2) is 67.0 Å². The Labute approximate surface area is 164 Å². The standard InChI is InChI=1S/C22H23N3O3/c1-15(16-7-5-4-6-8-16)24-18-11-17(13-23-14-18)22(26)25-20-10-9-19(27-2)12-21(20)28-3/h4-15,24H,1-3H3,(H,25,26). The van der Waals surface area contributed by atoms with E-state index >= 15 is 0 Å². The fourth-order valence-electron chi connectivity index (χ4n) is 2.81. The van der Waals surface area contributed by atoms with Crippen molar-refractivity contribution < 1.29 is 14.3 Å². The quantitative estimate of drug-likeness (QED) is 0.633. The lowest BCUT2D eigenvalue weighted by Crippen LogP contribution is -2.14. The zero-order chi connectivity index (χ0) is 19.9. The van der Waals surface area contributed by atoms with Gasteiger partial charge in [0.1, 0.15) is 11.5 Å². The van der Waals surface area contributed by atoms with Crippen molar-refractivity contribution in [3.8, 4) is 11.5 Å². The first-order chi connectivity index (χ1) is 13.6. The molecule has 0 fully saturated rings. The molecule has 6 nitrogen and oxygen atoms in total. The minimum Gasteiger partial charge on any atom is -0.497 e. The molecule has 0 aliphatic heterocycles. The SMILES string of the molecule is COc1ccc(NC(=O)c2cncc(NC(C)c3ccccc3)c2)c(OC)c1. The molecular formula is C22H23N3O3. The monoisotopic (exact) mass is 377 g/mol. The number of benzene rings is 2. The fourth-order valence-corrected chi connectivity index (χ4v) is 2.81. The number of hydrogen-bond acceptors (Lipinski definition) is 5. The van der Waals surface area contributed by atoms with Crippen LogP contribution in [-0.2, 0) is 0 Å². The number of rotatable bonds is 7. The zero-order valence-corrected chi connectivity index (χ0v) is 16.1. The second-order valence-corrected chi connectivity index (χ2v) is 6.26. The summed E-state index contributed by atoms with van der Waals surface area (Å²) in [6.07, 6.45) is 3.23. The number of nitrogens with one attached hydrogen (secondary N) is 2. The van der Waals surface area contributed by atoms with Crippen molar-refractivity contribution in [1.82, 2.24) is 4.98 Å². The summed E-state index contributed by atoms with van der Waals surface area (Å²) >= 11 is 0. The molecule has 3 rings (SSSR count). The van der Waals surface area contributed by atoms with Crippen LogP contribution >= 0.6 is 0 Å². The normalized spacial score (nSPS) is 11.4. The Morgan fingerprint density at radius 3 is 2.50 bits per heavy atom. The van der Waals surface area contributed by atoms with E-state index in [1.165, 1.54) is 6.20 Å². The van der Waals surface area contributed by atoms with Gasteiger partial charge in [-0.05, 0) is 30.7 Å². The van der Waals surface area contributed by atoms with Gasteiger partial charge in [-0.25, -0.2) is 0 Å². The van der Waals surface area contributed by atoms with Gasteiger partial charge in [0.15, 0.2) is 0 Å². The molecule has 144 valence electrons. The smallest absolute Gasteiger partial charge is 0.257 e. The van der Waals surface area contributed by atoms with Crippen LogP contribution in [0.25, 0.3) is 0 Å². The summed E-state index contributed by atoms with van der Waals surface area (Å²) in [6.45, 7) is 2.06. The summed E-state index contributed by atoms with van der Waals surface area (Å²) in [5.41, 5.74) is 2.93. The van der Waals surface area contributed by atoms with Crippen molar-refractivity contribution in [2.24, 2.45) is 0 Å². The number of amides is 1. The molecule has 2 N–H and O–H groups in total. The Balaban J connectivity index is 1.74. The van der Waals surface area contributed by atoms with E-state index in [0.717, 1.165) is 11.3 Å². The molecule has 6 heteroatoms. The molecule has 0 spiro atoms. The largest absolute Gasteiger partial charge is 0.497 e. The van der Waals surface area contributed by atoms with Gasteiger partial charge in [-0.2, -0.15) is 0 Å². The predicted octanol–water partition coefficient (Wildman–Crippen LogP) is 4.52. The van der Waals surface area contributed by atoms with E-state index in [2.05, 4.69) is 34.7 Å². The van der Waals surface area contributed by atoms with E-state index in [1.807, 2.05) is 18.2 Å². The predicted molar refractivity (Wildman–Crippen MR) is 110 cm³/mol. The van der Waals surface area contributed by atoms with Crippen molar-refractivity contribution in [3.05, 3.63) is 78.1 Å². The summed E-state index contributed by atoms with van der Waals surface area (Å²) in [5, 5.41) is 6.23. The van der Waals surface area contributed by atoms with Gasteiger partial charge in [0, 0.05) is 24.5 Å². The van der Waals surface area contributed by atoms with Gasteiger partial charge in [0.2, 0.25) is 0 Å². The molecular weight excluding hydrogens is 354 g/mol. The minimum atomic E-state index is -0.271. The van der Waals surface area contributed by atoms with Crippen molar-refractivity contribution in [3.63, 3.8) is 0 Å². The van der Waals surface area contributed by atoms with Crippen molar-refractivity contribution in [2.45, 2.75) is 13.0 Å². The van der Waals surface area contributed by atoms with E-state index in [4.69, 9.17) is 9.47 Å². The van der Waals surface area contributed by atoms with E-state index < -0.39 is 0 Å². The summed E-state index contributed by atoms with van der Waals surface area (Å²) in [5.74, 6) is 0.900. The number of ether oxygens (including phenoxy) is 2. The lowest BCUT2D eigenvalue weighted by Gasteiger charge is -2.16. The molecule has 0 saturated carbocycles. The third-order valence-electron chi connectivity index (χ3n) is 4.34. The molecule has 1 amide bonds. The number of pyridine rings is 1. The van der Waals surface area contributed by atoms with Gasteiger partial charge in [-0.15, -0.1) is 0 Å². The van der Waals surface area contributed by atoms with Crippen LogP contribution in [0.4, 0.5) is 11.4 Å². The molecule has 1 aromatic heterocycles. The summed E-state index contributed by atoms with van der Waals surface area (Å²) < 4.78 is 10.5. The first kappa shape index (κ1) is 19.2. The Morgan fingerprint density at radius 2 is 1.79 bits per heavy atom. The maximum Gasteiger partial charge on any atom is 0.257 e. The highest BCUT2D eigenvalue weighted by molar-refractivity contribution is 6.05. The molecule has 28 heavy (non-hydrogen) atoms. The molecule has 2 aromatic carbocycles. The second kappa shape index (κ2) is 8.90. The van der Waals surface area contributed by atoms with Crippen LogP contribution in [0.1, 0.15) is 28.9 Å². The first-order valence-corrected chi connectivity index (χ1v) is 8.90. The number of carbonyl (C=O) groups excluding carboxylic acids is 1. The van der Waals surface area contributed by atoms with Crippen LogP contribution in [0.3, 0.4) is 0 Å². The lowest BCUT2D eigenvalue weighted by atomic mass is 10.1. The summed E-state index contributed by atoms with van der Waals surface area (Å²) in [4.78, 5) is 16.9. The number of methoxy groups -OCH3 is 2. The van der Waals surface area contributed by atoms with Crippen molar-refractivity contribution >= 4 is 17.3 Å². The van der Waals surface area contributed by atoms with Crippen LogP contribution in [0.2, 0.25) is 0 Å². The maximum absolute atomic E-state index is 12.7. The number of anilines is 2. The molecule has 1 heterocycles. The van der Waals surface area contributed by atoms with Crippen LogP contribution in [-0.4, -0.2) is 25.1 Å². The van der Waals surface area contributed by atoms with Gasteiger partial charge in [-0.3, -0.25) is 9.78 Å². The fraction of sp³-hybridized carbons (Fsp3) is 0.182. The topological polar surface area (TPSA) is 72.5 Å². The average molecular weight is 377 g/mol. The Morgan fingerprint density at radius 1 is 1.00 bits per heavy atom.